The number of hydrogen-bond acceptors (Lipinski definition) is 4. The van der Waals surface area contributed by atoms with Crippen LogP contribution in [0.3, 0.4) is 0 Å². The zero-order valence-electron chi connectivity index (χ0n) is 15.8. The van der Waals surface area contributed by atoms with Gasteiger partial charge in [0.25, 0.3) is 0 Å². The number of methoxy groups -OCH3 is 1. The summed E-state index contributed by atoms with van der Waals surface area (Å²) in [5.74, 6) is 1.31. The molecule has 0 bridgehead atoms. The summed E-state index contributed by atoms with van der Waals surface area (Å²) >= 11 is 0. The van der Waals surface area contributed by atoms with Gasteiger partial charge >= 0.3 is 0 Å². The Kier molecular flexibility index (Phi) is 5.34. The van der Waals surface area contributed by atoms with Gasteiger partial charge < -0.3 is 9.30 Å². The Bertz CT molecular complexity index is 1040. The molecule has 0 fully saturated rings. The van der Waals surface area contributed by atoms with Gasteiger partial charge in [-0.05, 0) is 43.2 Å². The van der Waals surface area contributed by atoms with Crippen molar-refractivity contribution in [3.8, 4) is 5.75 Å². The average Bonchev–Trinajstić information content (AvgIpc) is 3.05. The molecule has 0 aliphatic heterocycles. The highest BCUT2D eigenvalue weighted by Gasteiger charge is 2.26. The molecule has 0 amide bonds. The van der Waals surface area contributed by atoms with Crippen molar-refractivity contribution in [2.24, 2.45) is 7.05 Å². The first-order chi connectivity index (χ1) is 12.8. The monoisotopic (exact) mass is 385 g/mol. The fourth-order valence-corrected chi connectivity index (χ4v) is 4.45. The summed E-state index contributed by atoms with van der Waals surface area (Å²) in [6.45, 7) is 3.73. The summed E-state index contributed by atoms with van der Waals surface area (Å²) in [6, 6.07) is 11.9. The van der Waals surface area contributed by atoms with Crippen molar-refractivity contribution in [1.82, 2.24) is 14.3 Å². The van der Waals surface area contributed by atoms with Gasteiger partial charge in [0.2, 0.25) is 10.0 Å². The second-order valence-electron chi connectivity index (χ2n) is 6.49. The molecular formula is C20H23N3O3S. The van der Waals surface area contributed by atoms with Crippen LogP contribution in [0.2, 0.25) is 0 Å². The number of hydrogen-bond donors (Lipinski definition) is 1. The average molecular weight is 385 g/mol. The van der Waals surface area contributed by atoms with Crippen molar-refractivity contribution in [3.63, 3.8) is 0 Å². The predicted molar refractivity (Wildman–Crippen MR) is 104 cm³/mol. The standard InChI is InChI=1S/C20H23N3O3S/c1-14-5-10-18(15(2)13-14)27(24,25)22-19(20-21-11-12-23(20)3)16-6-8-17(26-4)9-7-16/h5-13,19,22H,1-4H3. The van der Waals surface area contributed by atoms with E-state index in [1.165, 1.54) is 0 Å². The fourth-order valence-electron chi connectivity index (χ4n) is 3.04. The van der Waals surface area contributed by atoms with Crippen molar-refractivity contribution < 1.29 is 13.2 Å². The third kappa shape index (κ3) is 4.04. The maximum absolute atomic E-state index is 13.1. The molecule has 6 nitrogen and oxygen atoms in total. The van der Waals surface area contributed by atoms with Crippen molar-refractivity contribution in [2.45, 2.75) is 24.8 Å². The quantitative estimate of drug-likeness (QED) is 0.708. The molecule has 0 radical (unpaired) electrons. The molecule has 3 rings (SSSR count). The van der Waals surface area contributed by atoms with Crippen LogP contribution < -0.4 is 9.46 Å². The smallest absolute Gasteiger partial charge is 0.241 e. The lowest BCUT2D eigenvalue weighted by atomic mass is 10.1. The second-order valence-corrected chi connectivity index (χ2v) is 8.18. The second kappa shape index (κ2) is 7.54. The maximum atomic E-state index is 13.1. The number of aryl methyl sites for hydroxylation is 3. The zero-order valence-corrected chi connectivity index (χ0v) is 16.6. The molecule has 0 saturated heterocycles. The van der Waals surface area contributed by atoms with E-state index in [0.29, 0.717) is 17.1 Å². The third-order valence-corrected chi connectivity index (χ3v) is 6.04. The lowest BCUT2D eigenvalue weighted by molar-refractivity contribution is 0.414. The number of ether oxygens (including phenoxy) is 1. The molecule has 2 aromatic carbocycles. The van der Waals surface area contributed by atoms with E-state index in [9.17, 15) is 8.42 Å². The molecular weight excluding hydrogens is 362 g/mol. The molecule has 1 N–H and O–H groups in total. The summed E-state index contributed by atoms with van der Waals surface area (Å²) in [5, 5.41) is 0. The summed E-state index contributed by atoms with van der Waals surface area (Å²) in [5.41, 5.74) is 2.50. The Morgan fingerprint density at radius 2 is 1.81 bits per heavy atom. The minimum absolute atomic E-state index is 0.265. The molecule has 1 aromatic heterocycles. The topological polar surface area (TPSA) is 73.2 Å². The molecule has 3 aromatic rings. The number of nitrogens with one attached hydrogen (secondary N) is 1. The SMILES string of the molecule is COc1ccc(C(NS(=O)(=O)c2ccc(C)cc2C)c2nccn2C)cc1. The first-order valence-corrected chi connectivity index (χ1v) is 10.0. The highest BCUT2D eigenvalue weighted by molar-refractivity contribution is 7.89. The molecule has 0 aliphatic rings. The van der Waals surface area contributed by atoms with Crippen LogP contribution in [-0.4, -0.2) is 25.1 Å². The van der Waals surface area contributed by atoms with E-state index in [1.807, 2.05) is 32.2 Å². The van der Waals surface area contributed by atoms with Gasteiger partial charge in [-0.15, -0.1) is 0 Å². The minimum Gasteiger partial charge on any atom is -0.497 e. The fraction of sp³-hybridized carbons (Fsp3) is 0.250. The van der Waals surface area contributed by atoms with E-state index >= 15 is 0 Å². The van der Waals surface area contributed by atoms with E-state index < -0.39 is 16.1 Å². The summed E-state index contributed by atoms with van der Waals surface area (Å²) < 4.78 is 36.0. The van der Waals surface area contributed by atoms with Gasteiger partial charge in [0.1, 0.15) is 17.6 Å². The Morgan fingerprint density at radius 3 is 2.37 bits per heavy atom. The molecule has 0 aliphatic carbocycles. The zero-order chi connectivity index (χ0) is 19.6. The molecule has 1 heterocycles. The first-order valence-electron chi connectivity index (χ1n) is 8.52. The van der Waals surface area contributed by atoms with Gasteiger partial charge in [0.15, 0.2) is 0 Å². The maximum Gasteiger partial charge on any atom is 0.241 e. The van der Waals surface area contributed by atoms with E-state index in [-0.39, 0.29) is 4.90 Å². The first kappa shape index (κ1) is 19.1. The van der Waals surface area contributed by atoms with Crippen molar-refractivity contribution in [1.29, 1.82) is 0 Å². The Labute approximate surface area is 159 Å². The Morgan fingerprint density at radius 1 is 1.11 bits per heavy atom. The number of imidazole rings is 1. The van der Waals surface area contributed by atoms with Gasteiger partial charge in [0.05, 0.1) is 12.0 Å². The van der Waals surface area contributed by atoms with Gasteiger partial charge in [-0.25, -0.2) is 13.4 Å². The molecule has 27 heavy (non-hydrogen) atoms. The Balaban J connectivity index is 2.04. The highest BCUT2D eigenvalue weighted by Crippen LogP contribution is 2.26. The number of sulfonamides is 1. The van der Waals surface area contributed by atoms with E-state index in [4.69, 9.17) is 4.74 Å². The van der Waals surface area contributed by atoms with E-state index in [1.54, 1.807) is 55.3 Å². The number of aromatic nitrogens is 2. The molecule has 7 heteroatoms. The number of nitrogens with zero attached hydrogens (tertiary/aromatic N) is 2. The normalized spacial score (nSPS) is 12.7. The van der Waals surface area contributed by atoms with Crippen LogP contribution in [0.5, 0.6) is 5.75 Å². The molecule has 0 saturated carbocycles. The minimum atomic E-state index is -3.75. The molecule has 0 spiro atoms. The van der Waals surface area contributed by atoms with Crippen LogP contribution in [0.4, 0.5) is 0 Å². The van der Waals surface area contributed by atoms with Crippen molar-refractivity contribution in [2.75, 3.05) is 7.11 Å². The van der Waals surface area contributed by atoms with Crippen molar-refractivity contribution in [3.05, 3.63) is 77.4 Å². The van der Waals surface area contributed by atoms with Gasteiger partial charge in [-0.1, -0.05) is 29.8 Å². The van der Waals surface area contributed by atoms with Crippen LogP contribution in [0.1, 0.15) is 28.6 Å². The largest absolute Gasteiger partial charge is 0.497 e. The Hall–Kier alpha value is -2.64. The van der Waals surface area contributed by atoms with Gasteiger partial charge in [-0.3, -0.25) is 0 Å². The number of benzene rings is 2. The molecule has 1 atom stereocenters. The van der Waals surface area contributed by atoms with E-state index in [0.717, 1.165) is 11.1 Å². The molecule has 142 valence electrons. The van der Waals surface area contributed by atoms with Crippen LogP contribution >= 0.6 is 0 Å². The van der Waals surface area contributed by atoms with Gasteiger partial charge in [-0.2, -0.15) is 4.72 Å². The van der Waals surface area contributed by atoms with Crippen LogP contribution in [0, 0.1) is 13.8 Å². The van der Waals surface area contributed by atoms with E-state index in [2.05, 4.69) is 9.71 Å². The van der Waals surface area contributed by atoms with Crippen LogP contribution in [0.25, 0.3) is 0 Å². The summed E-state index contributed by atoms with van der Waals surface area (Å²) in [7, 11) is -0.319. The predicted octanol–water partition coefficient (Wildman–Crippen LogP) is 3.11. The summed E-state index contributed by atoms with van der Waals surface area (Å²) in [6.07, 6.45) is 3.44. The number of rotatable bonds is 6. The summed E-state index contributed by atoms with van der Waals surface area (Å²) in [4.78, 5) is 4.62. The van der Waals surface area contributed by atoms with Crippen LogP contribution in [-0.2, 0) is 17.1 Å². The van der Waals surface area contributed by atoms with Crippen LogP contribution in [0.15, 0.2) is 59.8 Å². The molecule has 1 unspecified atom stereocenters. The lowest BCUT2D eigenvalue weighted by Crippen LogP contribution is -2.31. The lowest BCUT2D eigenvalue weighted by Gasteiger charge is -2.20. The third-order valence-electron chi connectivity index (χ3n) is 4.46. The van der Waals surface area contributed by atoms with Gasteiger partial charge in [0, 0.05) is 19.4 Å². The highest BCUT2D eigenvalue weighted by atomic mass is 32.2. The van der Waals surface area contributed by atoms with Crippen molar-refractivity contribution >= 4 is 10.0 Å².